The van der Waals surface area contributed by atoms with Crippen LogP contribution < -0.4 is 0 Å². The molecule has 1 aliphatic heterocycles. The van der Waals surface area contributed by atoms with Crippen molar-refractivity contribution >= 4 is 34.3 Å². The van der Waals surface area contributed by atoms with Gasteiger partial charge in [0.1, 0.15) is 5.69 Å². The van der Waals surface area contributed by atoms with Gasteiger partial charge in [0, 0.05) is 36.6 Å². The van der Waals surface area contributed by atoms with Gasteiger partial charge in [0.2, 0.25) is 0 Å². The van der Waals surface area contributed by atoms with E-state index in [9.17, 15) is 9.59 Å². The third kappa shape index (κ3) is 3.30. The Hall–Kier alpha value is -2.84. The quantitative estimate of drug-likeness (QED) is 0.659. The van der Waals surface area contributed by atoms with Crippen LogP contribution in [0.1, 0.15) is 39.4 Å². The minimum Gasteiger partial charge on any atom is -0.382 e. The van der Waals surface area contributed by atoms with Gasteiger partial charge in [0.05, 0.1) is 42.7 Å². The maximum absolute atomic E-state index is 13.2. The number of methoxy groups -OCH3 is 1. The highest BCUT2D eigenvalue weighted by Gasteiger charge is 2.49. The molecule has 1 saturated carbocycles. The number of hydrogen-bond donors (Lipinski definition) is 1. The number of halogens is 1. The van der Waals surface area contributed by atoms with Crippen molar-refractivity contribution in [1.29, 1.82) is 0 Å². The number of nitrogens with zero attached hydrogens (tertiary/aromatic N) is 4. The van der Waals surface area contributed by atoms with Crippen molar-refractivity contribution in [3.8, 4) is 0 Å². The number of benzene rings is 1. The number of amides is 2. The first kappa shape index (κ1) is 20.1. The minimum atomic E-state index is -0.228. The van der Waals surface area contributed by atoms with E-state index in [4.69, 9.17) is 16.3 Å². The standard InChI is InChI=1S/C22H24ClN5O3/c1-26(22(6-7-22)13-31-2)20(29)15-11-24-28-9-8-27(12-19(15)28)21(30)18-10-14-16(23)4-3-5-17(14)25-18/h3-5,10-11,25H,6-9,12-13H2,1-2H3. The first-order chi connectivity index (χ1) is 14.9. The van der Waals surface area contributed by atoms with Gasteiger partial charge >= 0.3 is 0 Å². The summed E-state index contributed by atoms with van der Waals surface area (Å²) in [6.07, 6.45) is 3.48. The maximum atomic E-state index is 13.2. The third-order valence-corrected chi connectivity index (χ3v) is 6.82. The number of carbonyl (C=O) groups is 2. The molecule has 0 bridgehead atoms. The maximum Gasteiger partial charge on any atom is 0.270 e. The highest BCUT2D eigenvalue weighted by Crippen LogP contribution is 2.42. The van der Waals surface area contributed by atoms with E-state index in [1.807, 2.05) is 23.9 Å². The lowest BCUT2D eigenvalue weighted by molar-refractivity contribution is 0.0544. The zero-order valence-corrected chi connectivity index (χ0v) is 18.3. The molecule has 162 valence electrons. The average molecular weight is 442 g/mol. The summed E-state index contributed by atoms with van der Waals surface area (Å²) >= 11 is 6.26. The molecule has 3 heterocycles. The highest BCUT2D eigenvalue weighted by molar-refractivity contribution is 6.35. The molecule has 0 unspecified atom stereocenters. The number of aromatic nitrogens is 3. The third-order valence-electron chi connectivity index (χ3n) is 6.49. The Labute approximate surface area is 184 Å². The Morgan fingerprint density at radius 3 is 2.84 bits per heavy atom. The molecule has 1 aliphatic carbocycles. The van der Waals surface area contributed by atoms with E-state index in [1.165, 1.54) is 0 Å². The lowest BCUT2D eigenvalue weighted by Crippen LogP contribution is -2.43. The number of H-pyrrole nitrogens is 1. The summed E-state index contributed by atoms with van der Waals surface area (Å²) in [5, 5.41) is 5.82. The first-order valence-electron chi connectivity index (χ1n) is 10.3. The first-order valence-corrected chi connectivity index (χ1v) is 10.7. The van der Waals surface area contributed by atoms with E-state index in [2.05, 4.69) is 10.1 Å². The molecule has 2 amide bonds. The summed E-state index contributed by atoms with van der Waals surface area (Å²) in [6.45, 7) is 1.91. The molecular weight excluding hydrogens is 418 g/mol. The molecule has 3 aromatic rings. The Morgan fingerprint density at radius 1 is 1.32 bits per heavy atom. The Balaban J connectivity index is 1.39. The van der Waals surface area contributed by atoms with Crippen LogP contribution in [-0.2, 0) is 17.8 Å². The lowest BCUT2D eigenvalue weighted by Gasteiger charge is -2.30. The van der Waals surface area contributed by atoms with Gasteiger partial charge in [-0.25, -0.2) is 0 Å². The van der Waals surface area contributed by atoms with Crippen LogP contribution >= 0.6 is 11.6 Å². The van der Waals surface area contributed by atoms with E-state index in [0.717, 1.165) is 29.4 Å². The molecule has 9 heteroatoms. The second-order valence-electron chi connectivity index (χ2n) is 8.36. The van der Waals surface area contributed by atoms with Crippen LogP contribution in [0.2, 0.25) is 5.02 Å². The lowest BCUT2D eigenvalue weighted by atomic mass is 10.1. The smallest absolute Gasteiger partial charge is 0.270 e. The van der Waals surface area contributed by atoms with Gasteiger partial charge in [-0.3, -0.25) is 14.3 Å². The van der Waals surface area contributed by atoms with Gasteiger partial charge in [-0.05, 0) is 31.0 Å². The normalized spacial score (nSPS) is 16.9. The van der Waals surface area contributed by atoms with Gasteiger partial charge in [-0.2, -0.15) is 5.10 Å². The number of aromatic amines is 1. The largest absolute Gasteiger partial charge is 0.382 e. The van der Waals surface area contributed by atoms with Gasteiger partial charge in [-0.15, -0.1) is 0 Å². The van der Waals surface area contributed by atoms with E-state index in [1.54, 1.807) is 35.2 Å². The second kappa shape index (κ2) is 7.39. The molecule has 5 rings (SSSR count). The van der Waals surface area contributed by atoms with Crippen molar-refractivity contribution < 1.29 is 14.3 Å². The Morgan fingerprint density at radius 2 is 2.13 bits per heavy atom. The van der Waals surface area contributed by atoms with Crippen molar-refractivity contribution in [3.63, 3.8) is 0 Å². The highest BCUT2D eigenvalue weighted by atomic mass is 35.5. The molecule has 0 spiro atoms. The molecule has 0 atom stereocenters. The SMILES string of the molecule is COCC1(N(C)C(=O)c2cnn3c2CN(C(=O)c2cc4c(Cl)cccc4[nH]2)CC3)CC1. The van der Waals surface area contributed by atoms with Crippen molar-refractivity contribution in [2.75, 3.05) is 27.3 Å². The summed E-state index contributed by atoms with van der Waals surface area (Å²) in [5.74, 6) is -0.202. The summed E-state index contributed by atoms with van der Waals surface area (Å²) in [5.41, 5.74) is 2.39. The summed E-state index contributed by atoms with van der Waals surface area (Å²) in [4.78, 5) is 33.1. The predicted molar refractivity (Wildman–Crippen MR) is 116 cm³/mol. The van der Waals surface area contributed by atoms with Crippen LogP contribution in [0.3, 0.4) is 0 Å². The van der Waals surface area contributed by atoms with Gasteiger partial charge in [0.15, 0.2) is 0 Å². The van der Waals surface area contributed by atoms with Crippen LogP contribution in [0.15, 0.2) is 30.5 Å². The monoisotopic (exact) mass is 441 g/mol. The van der Waals surface area contributed by atoms with E-state index in [-0.39, 0.29) is 17.4 Å². The zero-order chi connectivity index (χ0) is 21.8. The number of rotatable bonds is 5. The number of carbonyl (C=O) groups excluding carboxylic acids is 2. The average Bonchev–Trinajstić information content (AvgIpc) is 3.23. The van der Waals surface area contributed by atoms with E-state index < -0.39 is 0 Å². The molecule has 31 heavy (non-hydrogen) atoms. The molecule has 0 saturated heterocycles. The minimum absolute atomic E-state index is 0.0810. The van der Waals surface area contributed by atoms with E-state index in [0.29, 0.717) is 42.5 Å². The fraction of sp³-hybridized carbons (Fsp3) is 0.409. The van der Waals surface area contributed by atoms with Crippen LogP contribution in [0, 0.1) is 0 Å². The summed E-state index contributed by atoms with van der Waals surface area (Å²) in [6, 6.07) is 7.33. The van der Waals surface area contributed by atoms with Crippen LogP contribution in [0.5, 0.6) is 0 Å². The van der Waals surface area contributed by atoms with Crippen LogP contribution in [0.25, 0.3) is 10.9 Å². The Bertz CT molecular complexity index is 1180. The van der Waals surface area contributed by atoms with Gasteiger partial charge < -0.3 is 19.5 Å². The molecule has 2 aliphatic rings. The van der Waals surface area contributed by atoms with Gasteiger partial charge in [0.25, 0.3) is 11.8 Å². The number of fused-ring (bicyclic) bond motifs is 2. The van der Waals surface area contributed by atoms with Crippen molar-refractivity contribution in [2.45, 2.75) is 31.5 Å². The molecule has 1 fully saturated rings. The zero-order valence-electron chi connectivity index (χ0n) is 17.5. The fourth-order valence-electron chi connectivity index (χ4n) is 4.39. The number of ether oxygens (including phenoxy) is 1. The van der Waals surface area contributed by atoms with Crippen molar-refractivity contribution in [3.05, 3.63) is 52.4 Å². The fourth-order valence-corrected chi connectivity index (χ4v) is 4.62. The molecule has 0 radical (unpaired) electrons. The number of nitrogens with one attached hydrogen (secondary N) is 1. The van der Waals surface area contributed by atoms with Crippen molar-refractivity contribution in [1.82, 2.24) is 24.6 Å². The van der Waals surface area contributed by atoms with Crippen LogP contribution in [0.4, 0.5) is 0 Å². The summed E-state index contributed by atoms with van der Waals surface area (Å²) in [7, 11) is 3.47. The molecule has 1 aromatic carbocycles. The predicted octanol–water partition coefficient (Wildman–Crippen LogP) is 2.92. The van der Waals surface area contributed by atoms with Crippen molar-refractivity contribution in [2.24, 2.45) is 0 Å². The van der Waals surface area contributed by atoms with Crippen LogP contribution in [-0.4, -0.2) is 69.2 Å². The number of likely N-dealkylation sites (N-methyl/N-ethyl adjacent to an activating group) is 1. The molecule has 1 N–H and O–H groups in total. The second-order valence-corrected chi connectivity index (χ2v) is 8.77. The summed E-state index contributed by atoms with van der Waals surface area (Å²) < 4.78 is 7.14. The van der Waals surface area contributed by atoms with E-state index >= 15 is 0 Å². The molecule has 2 aromatic heterocycles. The molecule has 8 nitrogen and oxygen atoms in total. The number of hydrogen-bond acceptors (Lipinski definition) is 4. The molecular formula is C22H24ClN5O3. The topological polar surface area (TPSA) is 83.5 Å². The Kier molecular flexibility index (Phi) is 4.79. The van der Waals surface area contributed by atoms with Gasteiger partial charge in [-0.1, -0.05) is 17.7 Å².